The molecule has 1 aliphatic rings. The van der Waals surface area contributed by atoms with E-state index < -0.39 is 0 Å². The van der Waals surface area contributed by atoms with E-state index in [9.17, 15) is 9.18 Å². The molecular formula is C29H33FN6O. The summed E-state index contributed by atoms with van der Waals surface area (Å²) in [5.74, 6) is 1.95. The molecule has 7 nitrogen and oxygen atoms in total. The number of carbonyl (C=O) groups excluding carboxylic acids is 1. The Kier molecular flexibility index (Phi) is 6.91. The third kappa shape index (κ3) is 5.05. The molecule has 192 valence electrons. The maximum atomic E-state index is 13.6. The number of rotatable bonds is 6. The Morgan fingerprint density at radius 1 is 0.973 bits per heavy atom. The van der Waals surface area contributed by atoms with E-state index in [2.05, 4.69) is 18.7 Å². The van der Waals surface area contributed by atoms with Crippen LogP contribution in [0.25, 0.3) is 16.7 Å². The number of amides is 1. The van der Waals surface area contributed by atoms with Gasteiger partial charge in [-0.1, -0.05) is 32.0 Å². The SMILES string of the molecule is Cc1ccccc1C(=O)N1CCN(c2nc(CCC(C)C)nc3c2c(C)nn3-c2ccc(F)cc2)CC1. The van der Waals surface area contributed by atoms with Crippen LogP contribution >= 0.6 is 0 Å². The lowest BCUT2D eigenvalue weighted by Crippen LogP contribution is -2.49. The molecule has 0 N–H and O–H groups in total. The maximum absolute atomic E-state index is 13.6. The first kappa shape index (κ1) is 24.9. The van der Waals surface area contributed by atoms with E-state index >= 15 is 0 Å². The van der Waals surface area contributed by atoms with Crippen LogP contribution in [0.5, 0.6) is 0 Å². The van der Waals surface area contributed by atoms with Gasteiger partial charge < -0.3 is 9.80 Å². The normalized spacial score (nSPS) is 14.1. The summed E-state index contributed by atoms with van der Waals surface area (Å²) in [5.41, 5.74) is 4.06. The Bertz CT molecular complexity index is 1420. The molecule has 0 bridgehead atoms. The molecule has 0 saturated carbocycles. The summed E-state index contributed by atoms with van der Waals surface area (Å²) in [7, 11) is 0. The zero-order valence-corrected chi connectivity index (χ0v) is 21.9. The fraction of sp³-hybridized carbons (Fsp3) is 0.379. The van der Waals surface area contributed by atoms with Gasteiger partial charge in [-0.15, -0.1) is 0 Å². The van der Waals surface area contributed by atoms with Crippen molar-refractivity contribution in [2.24, 2.45) is 5.92 Å². The average Bonchev–Trinajstić information content (AvgIpc) is 3.23. The van der Waals surface area contributed by atoms with Crippen molar-refractivity contribution in [1.82, 2.24) is 24.6 Å². The lowest BCUT2D eigenvalue weighted by molar-refractivity contribution is 0.0746. The standard InChI is InChI=1S/C29H33FN6O/c1-19(2)9-14-25-31-27(26-21(4)33-36(28(26)32-25)23-12-10-22(30)11-13-23)34-15-17-35(18-16-34)29(37)24-8-6-5-7-20(24)3/h5-8,10-13,19H,9,14-18H2,1-4H3. The van der Waals surface area contributed by atoms with Crippen LogP contribution in [-0.2, 0) is 6.42 Å². The second-order valence-electron chi connectivity index (χ2n) is 10.2. The van der Waals surface area contributed by atoms with Crippen LogP contribution in [-0.4, -0.2) is 56.7 Å². The highest BCUT2D eigenvalue weighted by Gasteiger charge is 2.27. The number of nitrogens with zero attached hydrogens (tertiary/aromatic N) is 6. The van der Waals surface area contributed by atoms with Crippen LogP contribution in [0.3, 0.4) is 0 Å². The number of benzene rings is 2. The number of hydrogen-bond acceptors (Lipinski definition) is 5. The summed E-state index contributed by atoms with van der Waals surface area (Å²) in [4.78, 5) is 27.3. The molecule has 1 amide bonds. The van der Waals surface area contributed by atoms with Crippen LogP contribution in [0.4, 0.5) is 10.2 Å². The molecule has 0 aliphatic carbocycles. The average molecular weight is 501 g/mol. The fourth-order valence-electron chi connectivity index (χ4n) is 4.83. The van der Waals surface area contributed by atoms with Gasteiger partial charge in [0.25, 0.3) is 5.91 Å². The van der Waals surface area contributed by atoms with Crippen molar-refractivity contribution < 1.29 is 9.18 Å². The molecule has 3 heterocycles. The number of carbonyl (C=O) groups is 1. The number of aromatic nitrogens is 4. The molecule has 37 heavy (non-hydrogen) atoms. The molecular weight excluding hydrogens is 467 g/mol. The van der Waals surface area contributed by atoms with Crippen molar-refractivity contribution in [2.75, 3.05) is 31.1 Å². The number of anilines is 1. The Hall–Kier alpha value is -3.81. The fourth-order valence-corrected chi connectivity index (χ4v) is 4.83. The minimum absolute atomic E-state index is 0.0727. The van der Waals surface area contributed by atoms with Crippen LogP contribution in [0.15, 0.2) is 48.5 Å². The minimum atomic E-state index is -0.289. The van der Waals surface area contributed by atoms with Gasteiger partial charge in [-0.2, -0.15) is 5.10 Å². The van der Waals surface area contributed by atoms with E-state index in [4.69, 9.17) is 15.1 Å². The minimum Gasteiger partial charge on any atom is -0.352 e. The molecule has 0 spiro atoms. The van der Waals surface area contributed by atoms with Gasteiger partial charge >= 0.3 is 0 Å². The molecule has 1 saturated heterocycles. The van der Waals surface area contributed by atoms with Crippen molar-refractivity contribution >= 4 is 22.8 Å². The molecule has 5 rings (SSSR count). The second kappa shape index (κ2) is 10.3. The zero-order chi connectivity index (χ0) is 26.1. The summed E-state index contributed by atoms with van der Waals surface area (Å²) in [5, 5.41) is 5.67. The summed E-state index contributed by atoms with van der Waals surface area (Å²) >= 11 is 0. The topological polar surface area (TPSA) is 67.2 Å². The Labute approximate surface area is 216 Å². The quantitative estimate of drug-likeness (QED) is 0.368. The molecule has 1 fully saturated rings. The predicted molar refractivity (Wildman–Crippen MR) is 144 cm³/mol. The maximum Gasteiger partial charge on any atom is 0.254 e. The van der Waals surface area contributed by atoms with Crippen LogP contribution in [0.1, 0.15) is 47.7 Å². The van der Waals surface area contributed by atoms with Gasteiger partial charge in [0.15, 0.2) is 5.65 Å². The molecule has 2 aromatic heterocycles. The summed E-state index contributed by atoms with van der Waals surface area (Å²) < 4.78 is 15.4. The lowest BCUT2D eigenvalue weighted by Gasteiger charge is -2.36. The third-order valence-electron chi connectivity index (χ3n) is 6.99. The first-order valence-electron chi connectivity index (χ1n) is 12.9. The molecule has 4 aromatic rings. The molecule has 1 aliphatic heterocycles. The van der Waals surface area contributed by atoms with Crippen LogP contribution in [0.2, 0.25) is 0 Å². The van der Waals surface area contributed by atoms with Gasteiger partial charge in [-0.3, -0.25) is 4.79 Å². The summed E-state index contributed by atoms with van der Waals surface area (Å²) in [6.07, 6.45) is 1.74. The highest BCUT2D eigenvalue weighted by molar-refractivity contribution is 5.96. The van der Waals surface area contributed by atoms with Crippen molar-refractivity contribution in [3.8, 4) is 5.69 Å². The van der Waals surface area contributed by atoms with E-state index in [0.717, 1.165) is 58.0 Å². The Balaban J connectivity index is 1.48. The zero-order valence-electron chi connectivity index (χ0n) is 21.9. The Morgan fingerprint density at radius 2 is 1.68 bits per heavy atom. The largest absolute Gasteiger partial charge is 0.352 e. The Morgan fingerprint density at radius 3 is 2.35 bits per heavy atom. The van der Waals surface area contributed by atoms with Crippen LogP contribution < -0.4 is 4.90 Å². The molecule has 0 unspecified atom stereocenters. The first-order valence-corrected chi connectivity index (χ1v) is 12.9. The summed E-state index contributed by atoms with van der Waals surface area (Å²) in [6.45, 7) is 10.9. The van der Waals surface area contributed by atoms with Crippen molar-refractivity contribution in [3.63, 3.8) is 0 Å². The van der Waals surface area contributed by atoms with Crippen molar-refractivity contribution in [3.05, 3.63) is 77.0 Å². The lowest BCUT2D eigenvalue weighted by atomic mass is 10.1. The number of aryl methyl sites for hydroxylation is 3. The summed E-state index contributed by atoms with van der Waals surface area (Å²) in [6, 6.07) is 14.0. The van der Waals surface area contributed by atoms with Gasteiger partial charge in [-0.05, 0) is 62.1 Å². The van der Waals surface area contributed by atoms with E-state index in [0.29, 0.717) is 32.1 Å². The van der Waals surface area contributed by atoms with Gasteiger partial charge in [-0.25, -0.2) is 19.0 Å². The highest BCUT2D eigenvalue weighted by atomic mass is 19.1. The smallest absolute Gasteiger partial charge is 0.254 e. The molecule has 0 radical (unpaired) electrons. The number of piperazine rings is 1. The van der Waals surface area contributed by atoms with Crippen molar-refractivity contribution in [2.45, 2.75) is 40.5 Å². The van der Waals surface area contributed by atoms with Gasteiger partial charge in [0.1, 0.15) is 17.5 Å². The monoisotopic (exact) mass is 500 g/mol. The van der Waals surface area contributed by atoms with Gasteiger partial charge in [0, 0.05) is 38.2 Å². The second-order valence-corrected chi connectivity index (χ2v) is 10.2. The number of halogens is 1. The van der Waals surface area contributed by atoms with E-state index in [1.165, 1.54) is 12.1 Å². The van der Waals surface area contributed by atoms with Gasteiger partial charge in [0.05, 0.1) is 16.8 Å². The number of hydrogen-bond donors (Lipinski definition) is 0. The number of fused-ring (bicyclic) bond motifs is 1. The highest BCUT2D eigenvalue weighted by Crippen LogP contribution is 2.30. The molecule has 2 aromatic carbocycles. The van der Waals surface area contributed by atoms with E-state index in [-0.39, 0.29) is 11.7 Å². The van der Waals surface area contributed by atoms with Gasteiger partial charge in [0.2, 0.25) is 0 Å². The predicted octanol–water partition coefficient (Wildman–Crippen LogP) is 5.12. The van der Waals surface area contributed by atoms with Crippen LogP contribution in [0, 0.1) is 25.6 Å². The first-order chi connectivity index (χ1) is 17.8. The molecule has 0 atom stereocenters. The van der Waals surface area contributed by atoms with Crippen molar-refractivity contribution in [1.29, 1.82) is 0 Å². The van der Waals surface area contributed by atoms with E-state index in [1.807, 2.05) is 43.0 Å². The molecule has 8 heteroatoms. The third-order valence-corrected chi connectivity index (χ3v) is 6.99. The van der Waals surface area contributed by atoms with E-state index in [1.54, 1.807) is 16.8 Å².